The van der Waals surface area contributed by atoms with Crippen LogP contribution in [0.25, 0.3) is 0 Å². The number of benzene rings is 2. The molecule has 0 saturated heterocycles. The topological polar surface area (TPSA) is 26.0 Å². The van der Waals surface area contributed by atoms with E-state index in [1.807, 2.05) is 11.8 Å². The maximum Gasteiger partial charge on any atom is 0.0151 e. The van der Waals surface area contributed by atoms with Crippen LogP contribution in [-0.2, 0) is 6.42 Å². The predicted molar refractivity (Wildman–Crippen MR) is 93.2 cm³/mol. The van der Waals surface area contributed by atoms with Gasteiger partial charge in [-0.25, -0.2) is 0 Å². The Bertz CT molecular complexity index is 619. The van der Waals surface area contributed by atoms with Gasteiger partial charge in [0.05, 0.1) is 0 Å². The minimum Gasteiger partial charge on any atom is -0.327 e. The average Bonchev–Trinajstić information content (AvgIpc) is 2.44. The van der Waals surface area contributed by atoms with E-state index in [1.165, 1.54) is 32.0 Å². The summed E-state index contributed by atoms with van der Waals surface area (Å²) in [7, 11) is 0. The highest BCUT2D eigenvalue weighted by Gasteiger charge is 2.07. The largest absolute Gasteiger partial charge is 0.327 e. The molecule has 0 spiro atoms. The van der Waals surface area contributed by atoms with Gasteiger partial charge < -0.3 is 5.73 Å². The minimum absolute atomic E-state index is 0.266. The Balaban J connectivity index is 2.17. The zero-order chi connectivity index (χ0) is 15.4. The number of aryl methyl sites for hydroxylation is 3. The lowest BCUT2D eigenvalue weighted by atomic mass is 10.0. The Hall–Kier alpha value is -1.25. The Labute approximate surface area is 133 Å². The quantitative estimate of drug-likeness (QED) is 0.836. The number of hydrogen-bond donors (Lipinski definition) is 1. The Morgan fingerprint density at radius 2 is 1.57 bits per heavy atom. The first kappa shape index (κ1) is 16.1. The van der Waals surface area contributed by atoms with Crippen LogP contribution in [0.1, 0.15) is 35.6 Å². The molecule has 0 aliphatic rings. The summed E-state index contributed by atoms with van der Waals surface area (Å²) in [6, 6.07) is 13.6. The first-order valence-corrected chi connectivity index (χ1v) is 8.41. The van der Waals surface area contributed by atoms with Crippen LogP contribution in [0, 0.1) is 20.8 Å². The van der Waals surface area contributed by atoms with Crippen LogP contribution < -0.4 is 5.73 Å². The molecular formula is C19H25NS. The Morgan fingerprint density at radius 3 is 2.14 bits per heavy atom. The van der Waals surface area contributed by atoms with E-state index >= 15 is 0 Å². The van der Waals surface area contributed by atoms with E-state index < -0.39 is 0 Å². The van der Waals surface area contributed by atoms with Crippen LogP contribution >= 0.6 is 11.8 Å². The molecule has 0 bridgehead atoms. The van der Waals surface area contributed by atoms with Gasteiger partial charge in [-0.15, -0.1) is 0 Å². The van der Waals surface area contributed by atoms with Crippen molar-refractivity contribution < 1.29 is 0 Å². The van der Waals surface area contributed by atoms with E-state index in [9.17, 15) is 0 Å². The van der Waals surface area contributed by atoms with Crippen LogP contribution in [0.5, 0.6) is 0 Å². The molecule has 0 fully saturated rings. The molecule has 21 heavy (non-hydrogen) atoms. The van der Waals surface area contributed by atoms with Gasteiger partial charge in [-0.2, -0.15) is 0 Å². The summed E-state index contributed by atoms with van der Waals surface area (Å²) in [6.07, 6.45) is 1.99. The molecule has 1 atom stereocenters. The summed E-state index contributed by atoms with van der Waals surface area (Å²) in [6.45, 7) is 8.65. The highest BCUT2D eigenvalue weighted by molar-refractivity contribution is 7.99. The van der Waals surface area contributed by atoms with E-state index in [0.29, 0.717) is 0 Å². The van der Waals surface area contributed by atoms with Crippen molar-refractivity contribution in [3.8, 4) is 0 Å². The minimum atomic E-state index is 0.266. The predicted octanol–water partition coefficient (Wildman–Crippen LogP) is 5.04. The molecule has 0 saturated carbocycles. The van der Waals surface area contributed by atoms with Crippen molar-refractivity contribution in [3.63, 3.8) is 0 Å². The summed E-state index contributed by atoms with van der Waals surface area (Å²) in [5, 5.41) is 0. The van der Waals surface area contributed by atoms with Crippen molar-refractivity contribution in [1.29, 1.82) is 0 Å². The van der Waals surface area contributed by atoms with Gasteiger partial charge in [-0.3, -0.25) is 0 Å². The van der Waals surface area contributed by atoms with Gasteiger partial charge >= 0.3 is 0 Å². The second-order valence-corrected chi connectivity index (χ2v) is 6.93. The fourth-order valence-electron chi connectivity index (χ4n) is 2.43. The van der Waals surface area contributed by atoms with Crippen molar-refractivity contribution in [1.82, 2.24) is 0 Å². The summed E-state index contributed by atoms with van der Waals surface area (Å²) >= 11 is 1.85. The van der Waals surface area contributed by atoms with Crippen molar-refractivity contribution >= 4 is 11.8 Å². The first-order chi connectivity index (χ1) is 9.99. The smallest absolute Gasteiger partial charge is 0.0151 e. The molecule has 1 unspecified atom stereocenters. The summed E-state index contributed by atoms with van der Waals surface area (Å²) < 4.78 is 0. The first-order valence-electron chi connectivity index (χ1n) is 7.59. The van der Waals surface area contributed by atoms with Gasteiger partial charge in [0.25, 0.3) is 0 Å². The van der Waals surface area contributed by atoms with Gasteiger partial charge in [-0.05, 0) is 62.4 Å². The second kappa shape index (κ2) is 7.15. The van der Waals surface area contributed by atoms with Gasteiger partial charge in [0, 0.05) is 15.8 Å². The molecule has 0 radical (unpaired) electrons. The van der Waals surface area contributed by atoms with E-state index in [-0.39, 0.29) is 6.04 Å². The summed E-state index contributed by atoms with van der Waals surface area (Å²) in [4.78, 5) is 2.66. The highest BCUT2D eigenvalue weighted by Crippen LogP contribution is 2.33. The number of nitrogens with two attached hydrogens (primary N) is 1. The van der Waals surface area contributed by atoms with Gasteiger partial charge in [-0.1, -0.05) is 48.5 Å². The van der Waals surface area contributed by atoms with Gasteiger partial charge in [0.1, 0.15) is 0 Å². The molecule has 112 valence electrons. The van der Waals surface area contributed by atoms with Crippen LogP contribution in [0.15, 0.2) is 46.2 Å². The molecule has 2 aromatic carbocycles. The molecule has 0 heterocycles. The SMILES string of the molecule is CCC(N)Cc1ccc(Sc2ccc(C)cc2C)c(C)c1. The number of rotatable bonds is 5. The van der Waals surface area contributed by atoms with E-state index in [1.54, 1.807) is 0 Å². The maximum atomic E-state index is 6.05. The molecule has 2 rings (SSSR count). The maximum absolute atomic E-state index is 6.05. The van der Waals surface area contributed by atoms with Crippen LogP contribution in [0.3, 0.4) is 0 Å². The molecule has 2 heteroatoms. The van der Waals surface area contributed by atoms with Crippen LogP contribution in [-0.4, -0.2) is 6.04 Å². The lowest BCUT2D eigenvalue weighted by molar-refractivity contribution is 0.646. The molecule has 0 aliphatic heterocycles. The summed E-state index contributed by atoms with van der Waals surface area (Å²) in [5.74, 6) is 0. The van der Waals surface area contributed by atoms with Crippen molar-refractivity contribution in [2.24, 2.45) is 5.73 Å². The average molecular weight is 299 g/mol. The normalized spacial score (nSPS) is 12.4. The van der Waals surface area contributed by atoms with Crippen LogP contribution in [0.2, 0.25) is 0 Å². The lowest BCUT2D eigenvalue weighted by Gasteiger charge is -2.12. The molecule has 2 aromatic rings. The molecule has 0 aliphatic carbocycles. The molecular weight excluding hydrogens is 274 g/mol. The lowest BCUT2D eigenvalue weighted by Crippen LogP contribution is -2.21. The molecule has 0 amide bonds. The third kappa shape index (κ3) is 4.36. The fourth-order valence-corrected chi connectivity index (χ4v) is 3.38. The van der Waals surface area contributed by atoms with E-state index in [0.717, 1.165) is 12.8 Å². The molecule has 0 aromatic heterocycles. The zero-order valence-corrected chi connectivity index (χ0v) is 14.3. The Kier molecular flexibility index (Phi) is 5.49. The fraction of sp³-hybridized carbons (Fsp3) is 0.368. The van der Waals surface area contributed by atoms with Crippen molar-refractivity contribution in [2.75, 3.05) is 0 Å². The van der Waals surface area contributed by atoms with Crippen LogP contribution in [0.4, 0.5) is 0 Å². The molecule has 1 nitrogen and oxygen atoms in total. The third-order valence-corrected chi connectivity index (χ3v) is 5.17. The number of hydrogen-bond acceptors (Lipinski definition) is 2. The van der Waals surface area contributed by atoms with Gasteiger partial charge in [0.15, 0.2) is 0 Å². The zero-order valence-electron chi connectivity index (χ0n) is 13.4. The summed E-state index contributed by atoms with van der Waals surface area (Å²) in [5.41, 5.74) is 11.4. The Morgan fingerprint density at radius 1 is 0.952 bits per heavy atom. The second-order valence-electron chi connectivity index (χ2n) is 5.84. The third-order valence-electron chi connectivity index (χ3n) is 3.81. The monoisotopic (exact) mass is 299 g/mol. The molecule has 2 N–H and O–H groups in total. The van der Waals surface area contributed by atoms with Crippen molar-refractivity contribution in [3.05, 3.63) is 58.7 Å². The van der Waals surface area contributed by atoms with Gasteiger partial charge in [0.2, 0.25) is 0 Å². The highest BCUT2D eigenvalue weighted by atomic mass is 32.2. The van der Waals surface area contributed by atoms with E-state index in [2.05, 4.69) is 64.1 Å². The van der Waals surface area contributed by atoms with E-state index in [4.69, 9.17) is 5.73 Å². The van der Waals surface area contributed by atoms with Crippen molar-refractivity contribution in [2.45, 2.75) is 56.4 Å². The standard InChI is InChI=1S/C19H25NS/c1-5-17(20)12-16-7-9-19(15(4)11-16)21-18-8-6-13(2)10-14(18)3/h6-11,17H,5,12,20H2,1-4H3.